The summed E-state index contributed by atoms with van der Waals surface area (Å²) in [5.74, 6) is 0. The minimum Gasteiger partial charge on any atom is -0.294 e. The molecule has 1 nitrogen and oxygen atoms in total. The Labute approximate surface area is 117 Å². The molecular weight excluding hydrogens is 234 g/mol. The molecule has 0 aromatic rings. The maximum Gasteiger partial charge on any atom is 0.0526 e. The molecule has 0 aliphatic rings. The molecule has 0 aliphatic heterocycles. The van der Waals surface area contributed by atoms with Gasteiger partial charge in [-0.15, -0.1) is 6.58 Å². The van der Waals surface area contributed by atoms with Gasteiger partial charge < -0.3 is 0 Å². The van der Waals surface area contributed by atoms with E-state index in [1.165, 1.54) is 24.2 Å². The van der Waals surface area contributed by atoms with E-state index in [0.717, 1.165) is 0 Å². The monoisotopic (exact) mass is 269 g/mol. The van der Waals surface area contributed by atoms with Gasteiger partial charge >= 0.3 is 0 Å². The predicted molar refractivity (Wildman–Crippen MR) is 88.1 cm³/mol. The lowest BCUT2D eigenvalue weighted by atomic mass is 9.96. The van der Waals surface area contributed by atoms with Crippen LogP contribution in [0.4, 0.5) is 0 Å². The van der Waals surface area contributed by atoms with Crippen LogP contribution < -0.4 is 0 Å². The maximum absolute atomic E-state index is 4.09. The van der Waals surface area contributed by atoms with Crippen LogP contribution in [0.3, 0.4) is 0 Å². The van der Waals surface area contributed by atoms with E-state index < -0.39 is 8.07 Å². The number of nitrogens with zero attached hydrogens (tertiary/aromatic N) is 1. The number of hydrogen-bond acceptors (Lipinski definition) is 1. The van der Waals surface area contributed by atoms with Crippen LogP contribution in [0.25, 0.3) is 0 Å². The molecule has 2 heteroatoms. The van der Waals surface area contributed by atoms with Gasteiger partial charge in [-0.3, -0.25) is 4.90 Å². The van der Waals surface area contributed by atoms with Crippen molar-refractivity contribution in [1.29, 1.82) is 0 Å². The molecule has 0 unspecified atom stereocenters. The molecular formula is C16H35NSi. The van der Waals surface area contributed by atoms with E-state index in [2.05, 4.69) is 73.0 Å². The van der Waals surface area contributed by atoms with E-state index in [1.54, 1.807) is 0 Å². The van der Waals surface area contributed by atoms with E-state index in [1.807, 2.05) is 0 Å². The summed E-state index contributed by atoms with van der Waals surface area (Å²) in [6.07, 6.45) is 0. The van der Waals surface area contributed by atoms with Gasteiger partial charge in [0.15, 0.2) is 0 Å². The molecule has 0 saturated heterocycles. The molecule has 0 heterocycles. The molecule has 0 aliphatic carbocycles. The third-order valence-corrected chi connectivity index (χ3v) is 6.55. The third-order valence-electron chi connectivity index (χ3n) is 3.41. The first-order valence-electron chi connectivity index (χ1n) is 7.18. The quantitative estimate of drug-likeness (QED) is 0.491. The Morgan fingerprint density at radius 2 is 1.39 bits per heavy atom. The van der Waals surface area contributed by atoms with E-state index in [-0.39, 0.29) is 11.1 Å². The predicted octanol–water partition coefficient (Wildman–Crippen LogP) is 5.17. The van der Waals surface area contributed by atoms with Crippen molar-refractivity contribution in [2.75, 3.05) is 6.54 Å². The molecule has 0 bridgehead atoms. The molecule has 18 heavy (non-hydrogen) atoms. The lowest BCUT2D eigenvalue weighted by Gasteiger charge is -2.46. The molecule has 0 aromatic carbocycles. The lowest BCUT2D eigenvalue weighted by Crippen LogP contribution is -2.54. The largest absolute Gasteiger partial charge is 0.294 e. The number of allylic oxidation sites excluding steroid dienone is 1. The third kappa shape index (κ3) is 6.74. The smallest absolute Gasteiger partial charge is 0.0526 e. The minimum atomic E-state index is -1.13. The van der Waals surface area contributed by atoms with Gasteiger partial charge in [-0.25, -0.2) is 0 Å². The SMILES string of the molecule is C=C(C)C[Si](C)(C)CCN(C(C)(C)C)C(C)(C)C. The van der Waals surface area contributed by atoms with Gasteiger partial charge in [0, 0.05) is 11.1 Å². The van der Waals surface area contributed by atoms with E-state index in [4.69, 9.17) is 0 Å². The van der Waals surface area contributed by atoms with Crippen LogP contribution in [0.1, 0.15) is 48.5 Å². The summed E-state index contributed by atoms with van der Waals surface area (Å²) in [5, 5.41) is 0. The van der Waals surface area contributed by atoms with Gasteiger partial charge in [-0.2, -0.15) is 0 Å². The molecule has 0 saturated carbocycles. The highest BCUT2D eigenvalue weighted by atomic mass is 28.3. The molecule has 108 valence electrons. The zero-order chi connectivity index (χ0) is 14.8. The summed E-state index contributed by atoms with van der Waals surface area (Å²) in [5.41, 5.74) is 1.84. The molecule has 0 aromatic heterocycles. The second-order valence-electron chi connectivity index (χ2n) is 8.54. The van der Waals surface area contributed by atoms with Crippen molar-refractivity contribution in [3.05, 3.63) is 12.2 Å². The van der Waals surface area contributed by atoms with Crippen LogP contribution >= 0.6 is 0 Å². The first-order chi connectivity index (χ1) is 7.76. The standard InChI is InChI=1S/C16H35NSi/c1-14(2)13-18(9,10)12-11-17(15(3,4)5)16(6,7)8/h1,11-13H2,2-10H3. The van der Waals surface area contributed by atoms with Crippen LogP contribution in [0.2, 0.25) is 25.2 Å². The molecule has 0 spiro atoms. The zero-order valence-electron chi connectivity index (χ0n) is 14.3. The fourth-order valence-corrected chi connectivity index (χ4v) is 5.64. The Hall–Kier alpha value is -0.0831. The van der Waals surface area contributed by atoms with Gasteiger partial charge in [-0.1, -0.05) is 18.7 Å². The Morgan fingerprint density at radius 3 is 1.67 bits per heavy atom. The summed E-state index contributed by atoms with van der Waals surface area (Å²) in [7, 11) is -1.13. The Bertz CT molecular complexity index is 264. The maximum atomic E-state index is 4.09. The average molecular weight is 270 g/mol. The molecule has 0 amide bonds. The Morgan fingerprint density at radius 1 is 1.00 bits per heavy atom. The highest BCUT2D eigenvalue weighted by molar-refractivity contribution is 6.78. The first-order valence-corrected chi connectivity index (χ1v) is 10.6. The van der Waals surface area contributed by atoms with Crippen molar-refractivity contribution in [2.24, 2.45) is 0 Å². The van der Waals surface area contributed by atoms with Crippen molar-refractivity contribution in [2.45, 2.75) is 84.7 Å². The van der Waals surface area contributed by atoms with E-state index in [9.17, 15) is 0 Å². The van der Waals surface area contributed by atoms with Crippen molar-refractivity contribution < 1.29 is 0 Å². The van der Waals surface area contributed by atoms with Crippen LogP contribution in [-0.2, 0) is 0 Å². The van der Waals surface area contributed by atoms with E-state index in [0.29, 0.717) is 0 Å². The van der Waals surface area contributed by atoms with Crippen LogP contribution in [0.5, 0.6) is 0 Å². The molecule has 0 radical (unpaired) electrons. The topological polar surface area (TPSA) is 3.24 Å². The summed E-state index contributed by atoms with van der Waals surface area (Å²) in [6, 6.07) is 2.61. The average Bonchev–Trinajstić information content (AvgIpc) is 1.94. The van der Waals surface area contributed by atoms with Crippen LogP contribution in [-0.4, -0.2) is 30.6 Å². The first kappa shape index (κ1) is 17.9. The van der Waals surface area contributed by atoms with Crippen LogP contribution in [0, 0.1) is 0 Å². The summed E-state index contributed by atoms with van der Waals surface area (Å²) >= 11 is 0. The van der Waals surface area contributed by atoms with Gasteiger partial charge in [0.25, 0.3) is 0 Å². The summed E-state index contributed by atoms with van der Waals surface area (Å²) in [4.78, 5) is 2.65. The highest BCUT2D eigenvalue weighted by Crippen LogP contribution is 2.28. The number of rotatable bonds is 5. The second kappa shape index (κ2) is 5.92. The summed E-state index contributed by atoms with van der Waals surface area (Å²) in [6.45, 7) is 26.4. The second-order valence-corrected chi connectivity index (χ2v) is 13.7. The Balaban J connectivity index is 4.69. The minimum absolute atomic E-state index is 0.242. The van der Waals surface area contributed by atoms with Gasteiger partial charge in [0.2, 0.25) is 0 Å². The molecule has 0 rings (SSSR count). The fraction of sp³-hybridized carbons (Fsp3) is 0.875. The molecule has 0 N–H and O–H groups in total. The molecule has 0 fully saturated rings. The fourth-order valence-electron chi connectivity index (χ4n) is 3.00. The number of hydrogen-bond donors (Lipinski definition) is 0. The van der Waals surface area contributed by atoms with Gasteiger partial charge in [-0.05, 0) is 67.1 Å². The lowest BCUT2D eigenvalue weighted by molar-refractivity contribution is 0.0443. The highest BCUT2D eigenvalue weighted by Gasteiger charge is 2.33. The summed E-state index contributed by atoms with van der Waals surface area (Å²) < 4.78 is 0. The van der Waals surface area contributed by atoms with Gasteiger partial charge in [0.1, 0.15) is 0 Å². The van der Waals surface area contributed by atoms with Crippen LogP contribution in [0.15, 0.2) is 12.2 Å². The zero-order valence-corrected chi connectivity index (χ0v) is 15.3. The van der Waals surface area contributed by atoms with Crippen molar-refractivity contribution in [3.63, 3.8) is 0 Å². The normalized spacial score (nSPS) is 14.1. The van der Waals surface area contributed by atoms with Crippen molar-refractivity contribution in [3.8, 4) is 0 Å². The Kier molecular flexibility index (Phi) is 5.89. The van der Waals surface area contributed by atoms with Gasteiger partial charge in [0.05, 0.1) is 8.07 Å². The van der Waals surface area contributed by atoms with Crippen molar-refractivity contribution in [1.82, 2.24) is 4.90 Å². The van der Waals surface area contributed by atoms with Crippen molar-refractivity contribution >= 4 is 8.07 Å². The molecule has 0 atom stereocenters. The van der Waals surface area contributed by atoms with E-state index >= 15 is 0 Å².